The van der Waals surface area contributed by atoms with Gasteiger partial charge in [-0.05, 0) is 44.8 Å². The molecular formula is C14H28N2O. The Kier molecular flexibility index (Phi) is 5.26. The third-order valence-corrected chi connectivity index (χ3v) is 4.49. The third kappa shape index (κ3) is 3.67. The Bertz CT molecular complexity index is 222. The third-order valence-electron chi connectivity index (χ3n) is 4.49. The molecule has 1 saturated carbocycles. The molecule has 17 heavy (non-hydrogen) atoms. The summed E-state index contributed by atoms with van der Waals surface area (Å²) < 4.78 is 5.59. The first-order chi connectivity index (χ1) is 8.33. The lowest BCUT2D eigenvalue weighted by Gasteiger charge is -2.32. The number of rotatable bonds is 5. The van der Waals surface area contributed by atoms with Gasteiger partial charge in [-0.3, -0.25) is 0 Å². The molecule has 0 aromatic rings. The summed E-state index contributed by atoms with van der Waals surface area (Å²) in [5.41, 5.74) is 0. The standard InChI is InChI=1S/C14H28N2O/c1-3-16-9-8-12(11-16)10-15-13-6-4-5-7-14(13)17-2/h12-15H,3-11H2,1-2H3. The fraction of sp³-hybridized carbons (Fsp3) is 1.00. The summed E-state index contributed by atoms with van der Waals surface area (Å²) in [7, 11) is 1.86. The molecule has 3 unspecified atom stereocenters. The van der Waals surface area contributed by atoms with Gasteiger partial charge in [0.1, 0.15) is 0 Å². The van der Waals surface area contributed by atoms with Crippen LogP contribution in [-0.2, 0) is 4.74 Å². The number of hydrogen-bond donors (Lipinski definition) is 1. The fourth-order valence-corrected chi connectivity index (χ4v) is 3.30. The Morgan fingerprint density at radius 1 is 1.24 bits per heavy atom. The van der Waals surface area contributed by atoms with Gasteiger partial charge >= 0.3 is 0 Å². The summed E-state index contributed by atoms with van der Waals surface area (Å²) in [6, 6.07) is 0.601. The Balaban J connectivity index is 1.70. The number of nitrogens with one attached hydrogen (secondary N) is 1. The molecule has 1 saturated heterocycles. The molecule has 2 fully saturated rings. The molecule has 1 aliphatic carbocycles. The molecule has 1 N–H and O–H groups in total. The topological polar surface area (TPSA) is 24.5 Å². The molecular weight excluding hydrogens is 212 g/mol. The quantitative estimate of drug-likeness (QED) is 0.794. The van der Waals surface area contributed by atoms with E-state index < -0.39 is 0 Å². The van der Waals surface area contributed by atoms with Crippen LogP contribution in [0.15, 0.2) is 0 Å². The molecule has 0 bridgehead atoms. The van der Waals surface area contributed by atoms with Crippen molar-refractivity contribution in [1.82, 2.24) is 10.2 Å². The highest BCUT2D eigenvalue weighted by atomic mass is 16.5. The van der Waals surface area contributed by atoms with Gasteiger partial charge in [0.2, 0.25) is 0 Å². The summed E-state index contributed by atoms with van der Waals surface area (Å²) in [4.78, 5) is 2.56. The number of hydrogen-bond acceptors (Lipinski definition) is 3. The summed E-state index contributed by atoms with van der Waals surface area (Å²) in [5.74, 6) is 0.856. The lowest BCUT2D eigenvalue weighted by Crippen LogP contribution is -2.45. The van der Waals surface area contributed by atoms with Gasteiger partial charge in [0.15, 0.2) is 0 Å². The molecule has 3 heteroatoms. The summed E-state index contributed by atoms with van der Waals surface area (Å²) in [6.45, 7) is 7.23. The van der Waals surface area contributed by atoms with Gasteiger partial charge in [-0.1, -0.05) is 19.8 Å². The molecule has 2 rings (SSSR count). The van der Waals surface area contributed by atoms with Gasteiger partial charge in [0.05, 0.1) is 6.10 Å². The van der Waals surface area contributed by atoms with Crippen molar-refractivity contribution < 1.29 is 4.74 Å². The van der Waals surface area contributed by atoms with E-state index in [0.717, 1.165) is 5.92 Å². The number of likely N-dealkylation sites (tertiary alicyclic amines) is 1. The molecule has 100 valence electrons. The zero-order chi connectivity index (χ0) is 12.1. The normalized spacial score (nSPS) is 35.3. The second kappa shape index (κ2) is 6.72. The maximum absolute atomic E-state index is 5.59. The molecule has 1 heterocycles. The van der Waals surface area contributed by atoms with Crippen LogP contribution in [0.5, 0.6) is 0 Å². The predicted molar refractivity (Wildman–Crippen MR) is 71.3 cm³/mol. The molecule has 0 amide bonds. The van der Waals surface area contributed by atoms with E-state index in [1.165, 1.54) is 58.3 Å². The van der Waals surface area contributed by atoms with E-state index in [2.05, 4.69) is 17.1 Å². The Hall–Kier alpha value is -0.120. The van der Waals surface area contributed by atoms with Crippen LogP contribution in [-0.4, -0.2) is 50.3 Å². The molecule has 0 radical (unpaired) electrons. The maximum atomic E-state index is 5.59. The molecule has 3 nitrogen and oxygen atoms in total. The van der Waals surface area contributed by atoms with Gasteiger partial charge < -0.3 is 15.0 Å². The van der Waals surface area contributed by atoms with Crippen LogP contribution in [0.4, 0.5) is 0 Å². The van der Waals surface area contributed by atoms with Crippen LogP contribution in [0.25, 0.3) is 0 Å². The van der Waals surface area contributed by atoms with Crippen LogP contribution in [0.3, 0.4) is 0 Å². The largest absolute Gasteiger partial charge is 0.380 e. The maximum Gasteiger partial charge on any atom is 0.0724 e. The SMILES string of the molecule is CCN1CCC(CNC2CCCCC2OC)C1. The van der Waals surface area contributed by atoms with Crippen LogP contribution in [0.2, 0.25) is 0 Å². The first-order valence-corrected chi connectivity index (χ1v) is 7.32. The average molecular weight is 240 g/mol. The van der Waals surface area contributed by atoms with Gasteiger partial charge in [0, 0.05) is 19.7 Å². The number of ether oxygens (including phenoxy) is 1. The molecule has 2 aliphatic rings. The van der Waals surface area contributed by atoms with Crippen molar-refractivity contribution >= 4 is 0 Å². The zero-order valence-electron chi connectivity index (χ0n) is 11.5. The molecule has 0 aromatic heterocycles. The second-order valence-corrected chi connectivity index (χ2v) is 5.62. The number of nitrogens with zero attached hydrogens (tertiary/aromatic N) is 1. The lowest BCUT2D eigenvalue weighted by molar-refractivity contribution is 0.0406. The van der Waals surface area contributed by atoms with Crippen molar-refractivity contribution in [2.45, 2.75) is 51.2 Å². The average Bonchev–Trinajstić information content (AvgIpc) is 2.84. The monoisotopic (exact) mass is 240 g/mol. The van der Waals surface area contributed by atoms with Crippen LogP contribution in [0, 0.1) is 5.92 Å². The number of methoxy groups -OCH3 is 1. The fourth-order valence-electron chi connectivity index (χ4n) is 3.30. The highest BCUT2D eigenvalue weighted by Gasteiger charge is 2.27. The smallest absolute Gasteiger partial charge is 0.0724 e. The van der Waals surface area contributed by atoms with Crippen molar-refractivity contribution in [3.05, 3.63) is 0 Å². The van der Waals surface area contributed by atoms with Crippen LogP contribution in [0.1, 0.15) is 39.0 Å². The second-order valence-electron chi connectivity index (χ2n) is 5.62. The Labute approximate surface area is 106 Å². The lowest BCUT2D eigenvalue weighted by atomic mass is 9.92. The van der Waals surface area contributed by atoms with E-state index in [1.807, 2.05) is 7.11 Å². The van der Waals surface area contributed by atoms with E-state index >= 15 is 0 Å². The van der Waals surface area contributed by atoms with Gasteiger partial charge in [0.25, 0.3) is 0 Å². The van der Waals surface area contributed by atoms with E-state index in [1.54, 1.807) is 0 Å². The zero-order valence-corrected chi connectivity index (χ0v) is 11.5. The van der Waals surface area contributed by atoms with Crippen molar-refractivity contribution in [2.24, 2.45) is 5.92 Å². The molecule has 0 aromatic carbocycles. The first-order valence-electron chi connectivity index (χ1n) is 7.32. The van der Waals surface area contributed by atoms with E-state index in [9.17, 15) is 0 Å². The van der Waals surface area contributed by atoms with Crippen LogP contribution >= 0.6 is 0 Å². The first kappa shape index (κ1) is 13.3. The van der Waals surface area contributed by atoms with Crippen LogP contribution < -0.4 is 5.32 Å². The minimum Gasteiger partial charge on any atom is -0.380 e. The summed E-state index contributed by atoms with van der Waals surface area (Å²) >= 11 is 0. The minimum atomic E-state index is 0.451. The molecule has 3 atom stereocenters. The van der Waals surface area contributed by atoms with Crippen molar-refractivity contribution in [2.75, 3.05) is 33.3 Å². The van der Waals surface area contributed by atoms with E-state index in [4.69, 9.17) is 4.74 Å². The minimum absolute atomic E-state index is 0.451. The van der Waals surface area contributed by atoms with Crippen molar-refractivity contribution in [3.63, 3.8) is 0 Å². The summed E-state index contributed by atoms with van der Waals surface area (Å²) in [5, 5.41) is 3.76. The highest BCUT2D eigenvalue weighted by molar-refractivity contribution is 4.84. The van der Waals surface area contributed by atoms with Gasteiger partial charge in [-0.2, -0.15) is 0 Å². The van der Waals surface area contributed by atoms with Crippen molar-refractivity contribution in [3.8, 4) is 0 Å². The predicted octanol–water partition coefficient (Wildman–Crippen LogP) is 1.88. The van der Waals surface area contributed by atoms with E-state index in [0.29, 0.717) is 12.1 Å². The van der Waals surface area contributed by atoms with Crippen molar-refractivity contribution in [1.29, 1.82) is 0 Å². The summed E-state index contributed by atoms with van der Waals surface area (Å²) in [6.07, 6.45) is 7.05. The van der Waals surface area contributed by atoms with Gasteiger partial charge in [-0.25, -0.2) is 0 Å². The Morgan fingerprint density at radius 2 is 2.06 bits per heavy atom. The van der Waals surface area contributed by atoms with E-state index in [-0.39, 0.29) is 0 Å². The highest BCUT2D eigenvalue weighted by Crippen LogP contribution is 2.22. The molecule has 1 aliphatic heterocycles. The molecule has 0 spiro atoms. The van der Waals surface area contributed by atoms with Gasteiger partial charge in [-0.15, -0.1) is 0 Å². The Morgan fingerprint density at radius 3 is 2.76 bits per heavy atom.